The van der Waals surface area contributed by atoms with Crippen molar-refractivity contribution >= 4 is 17.9 Å². The number of benzene rings is 2. The van der Waals surface area contributed by atoms with Gasteiger partial charge in [0.15, 0.2) is 0 Å². The molecule has 1 amide bonds. The molecule has 2 aromatic carbocycles. The summed E-state index contributed by atoms with van der Waals surface area (Å²) in [6, 6.07) is 20.2. The second-order valence-electron chi connectivity index (χ2n) is 6.69. The minimum atomic E-state index is -0.906. The number of nitrogens with zero attached hydrogens (tertiary/aromatic N) is 1. The van der Waals surface area contributed by atoms with Gasteiger partial charge in [0.25, 0.3) is 0 Å². The Morgan fingerprint density at radius 3 is 2.57 bits per heavy atom. The number of anilines is 1. The lowest BCUT2D eigenvalue weighted by molar-refractivity contribution is 0.202. The summed E-state index contributed by atoms with van der Waals surface area (Å²) in [5.74, 6) is 0. The van der Waals surface area contributed by atoms with Crippen molar-refractivity contribution in [1.82, 2.24) is 4.98 Å². The number of fused-ring (bicyclic) bond motifs is 1. The number of H-pyrrole nitrogens is 1. The quantitative estimate of drug-likeness (QED) is 0.569. The van der Waals surface area contributed by atoms with Gasteiger partial charge < -0.3 is 10.1 Å². The van der Waals surface area contributed by atoms with Crippen LogP contribution in [0.25, 0.3) is 17.2 Å². The van der Waals surface area contributed by atoms with Gasteiger partial charge in [-0.25, -0.2) is 4.79 Å². The fourth-order valence-corrected chi connectivity index (χ4v) is 3.29. The molecule has 0 aliphatic carbocycles. The molecule has 1 aromatic heterocycles. The fraction of sp³-hybridized carbons (Fsp3) is 0.208. The molecule has 144 valence electrons. The first-order valence-corrected chi connectivity index (χ1v) is 9.68. The molecule has 0 spiro atoms. The highest BCUT2D eigenvalue weighted by Crippen LogP contribution is 2.25. The lowest BCUT2D eigenvalue weighted by atomic mass is 10.0. The van der Waals surface area contributed by atoms with Crippen molar-refractivity contribution in [2.45, 2.75) is 26.2 Å². The van der Waals surface area contributed by atoms with Gasteiger partial charge in [0.2, 0.25) is 0 Å². The largest absolute Gasteiger partial charge is 0.465 e. The van der Waals surface area contributed by atoms with Gasteiger partial charge in [-0.05, 0) is 36.1 Å². The summed E-state index contributed by atoms with van der Waals surface area (Å²) in [6.07, 6.45) is 8.55. The third-order valence-corrected chi connectivity index (χ3v) is 4.74. The predicted molar refractivity (Wildman–Crippen MR) is 116 cm³/mol. The molecule has 2 heterocycles. The van der Waals surface area contributed by atoms with Gasteiger partial charge in [-0.3, -0.25) is 4.90 Å². The van der Waals surface area contributed by atoms with Crippen LogP contribution < -0.4 is 4.90 Å². The molecule has 0 saturated heterocycles. The minimum Gasteiger partial charge on any atom is -0.465 e. The number of aromatic nitrogens is 1. The van der Waals surface area contributed by atoms with Crippen molar-refractivity contribution in [3.05, 3.63) is 84.2 Å². The zero-order chi connectivity index (χ0) is 19.8. The van der Waals surface area contributed by atoms with E-state index in [9.17, 15) is 4.79 Å². The van der Waals surface area contributed by atoms with E-state index in [-0.39, 0.29) is 0 Å². The van der Waals surface area contributed by atoms with Crippen molar-refractivity contribution in [1.29, 1.82) is 0 Å². The van der Waals surface area contributed by atoms with Crippen LogP contribution in [0.15, 0.2) is 72.9 Å². The molecule has 2 N–H and O–H groups in total. The van der Waals surface area contributed by atoms with Gasteiger partial charge in [0, 0.05) is 24.0 Å². The smallest absolute Gasteiger partial charge is 0.412 e. The molecule has 0 unspecified atom stereocenters. The average molecular weight is 374 g/mol. The van der Waals surface area contributed by atoms with Crippen LogP contribution in [0.3, 0.4) is 0 Å². The highest BCUT2D eigenvalue weighted by molar-refractivity contribution is 5.91. The van der Waals surface area contributed by atoms with E-state index in [2.05, 4.69) is 48.3 Å². The van der Waals surface area contributed by atoms with Crippen LogP contribution in [-0.4, -0.2) is 22.7 Å². The Labute approximate surface area is 166 Å². The summed E-state index contributed by atoms with van der Waals surface area (Å²) in [6.45, 7) is 2.66. The van der Waals surface area contributed by atoms with Crippen LogP contribution in [0.4, 0.5) is 10.5 Å². The maximum absolute atomic E-state index is 10.8. The lowest BCUT2D eigenvalue weighted by Crippen LogP contribution is -2.31. The van der Waals surface area contributed by atoms with Crippen molar-refractivity contribution in [3.63, 3.8) is 0 Å². The van der Waals surface area contributed by atoms with E-state index in [1.54, 1.807) is 0 Å². The van der Waals surface area contributed by atoms with E-state index in [1.807, 2.05) is 42.6 Å². The predicted octanol–water partition coefficient (Wildman–Crippen LogP) is 6.22. The minimum absolute atomic E-state index is 0.437. The number of para-hydroxylation sites is 1. The van der Waals surface area contributed by atoms with Gasteiger partial charge in [-0.15, -0.1) is 0 Å². The van der Waals surface area contributed by atoms with Crippen molar-refractivity contribution in [2.75, 3.05) is 11.4 Å². The van der Waals surface area contributed by atoms with E-state index in [0.29, 0.717) is 6.54 Å². The number of hydrogen-bond acceptors (Lipinski definition) is 1. The lowest BCUT2D eigenvalue weighted by Gasteiger charge is -2.22. The monoisotopic (exact) mass is 374 g/mol. The first-order chi connectivity index (χ1) is 13.7. The molecule has 0 radical (unpaired) electrons. The standard InChI is InChI=1S/C14H17N.C10H9NO2/c1-2-3-9-14-13(10-11-15-14)12-7-5-4-6-8-12;12-10(13)11-7-3-5-8-4-1-2-6-9(8)11/h4-8,10-11,15H,2-3,9H2,1H3;1-6H,7H2,(H,12,13). The highest BCUT2D eigenvalue weighted by atomic mass is 16.4. The van der Waals surface area contributed by atoms with E-state index < -0.39 is 6.09 Å². The summed E-state index contributed by atoms with van der Waals surface area (Å²) >= 11 is 0. The molecule has 1 aliphatic rings. The number of unbranched alkanes of at least 4 members (excludes halogenated alkanes) is 1. The molecule has 0 fully saturated rings. The number of aryl methyl sites for hydroxylation is 1. The van der Waals surface area contributed by atoms with E-state index >= 15 is 0 Å². The summed E-state index contributed by atoms with van der Waals surface area (Å²) in [4.78, 5) is 15.5. The number of carboxylic acid groups (broad SMARTS) is 1. The van der Waals surface area contributed by atoms with Crippen molar-refractivity contribution in [3.8, 4) is 11.1 Å². The molecule has 0 saturated carbocycles. The second-order valence-corrected chi connectivity index (χ2v) is 6.69. The van der Waals surface area contributed by atoms with Crippen LogP contribution in [0.2, 0.25) is 0 Å². The molecule has 28 heavy (non-hydrogen) atoms. The topological polar surface area (TPSA) is 56.3 Å². The Bertz CT molecular complexity index is 929. The molecule has 0 bridgehead atoms. The zero-order valence-electron chi connectivity index (χ0n) is 16.1. The number of carbonyl (C=O) groups is 1. The third kappa shape index (κ3) is 4.71. The summed E-state index contributed by atoms with van der Waals surface area (Å²) in [5, 5.41) is 8.88. The molecule has 3 aromatic rings. The Kier molecular flexibility index (Phi) is 6.68. The average Bonchev–Trinajstić information content (AvgIpc) is 3.21. The fourth-order valence-electron chi connectivity index (χ4n) is 3.29. The van der Waals surface area contributed by atoms with Crippen LogP contribution in [0.5, 0.6) is 0 Å². The van der Waals surface area contributed by atoms with Gasteiger partial charge in [0.05, 0.1) is 5.69 Å². The number of amides is 1. The Hall–Kier alpha value is -3.27. The van der Waals surface area contributed by atoms with Crippen LogP contribution in [-0.2, 0) is 6.42 Å². The normalized spacial score (nSPS) is 12.1. The van der Waals surface area contributed by atoms with Crippen molar-refractivity contribution in [2.24, 2.45) is 0 Å². The first kappa shape index (κ1) is 19.5. The first-order valence-electron chi connectivity index (χ1n) is 9.68. The summed E-state index contributed by atoms with van der Waals surface area (Å²) in [5.41, 5.74) is 5.74. The Morgan fingerprint density at radius 2 is 1.82 bits per heavy atom. The SMILES string of the molecule is CCCCc1[nH]ccc1-c1ccccc1.O=C(O)N1CC=Cc2ccccc21. The Morgan fingerprint density at radius 1 is 1.07 bits per heavy atom. The van der Waals surface area contributed by atoms with Crippen molar-refractivity contribution < 1.29 is 9.90 Å². The maximum Gasteiger partial charge on any atom is 0.412 e. The van der Waals surface area contributed by atoms with E-state index in [4.69, 9.17) is 5.11 Å². The van der Waals surface area contributed by atoms with Gasteiger partial charge in [0.1, 0.15) is 0 Å². The van der Waals surface area contributed by atoms with Gasteiger partial charge >= 0.3 is 6.09 Å². The van der Waals surface area contributed by atoms with Crippen LogP contribution >= 0.6 is 0 Å². The molecule has 4 nitrogen and oxygen atoms in total. The van der Waals surface area contributed by atoms with Gasteiger partial charge in [-0.2, -0.15) is 0 Å². The second kappa shape index (κ2) is 9.60. The van der Waals surface area contributed by atoms with Gasteiger partial charge in [-0.1, -0.05) is 74.0 Å². The van der Waals surface area contributed by atoms with E-state index in [1.165, 1.54) is 34.6 Å². The number of aromatic amines is 1. The Balaban J connectivity index is 0.000000162. The summed E-state index contributed by atoms with van der Waals surface area (Å²) in [7, 11) is 0. The molecule has 1 aliphatic heterocycles. The molecule has 0 atom stereocenters. The number of rotatable bonds is 4. The van der Waals surface area contributed by atoms with Crippen LogP contribution in [0.1, 0.15) is 31.0 Å². The third-order valence-electron chi connectivity index (χ3n) is 4.74. The maximum atomic E-state index is 10.8. The number of hydrogen-bond donors (Lipinski definition) is 2. The molecule has 4 rings (SSSR count). The highest BCUT2D eigenvalue weighted by Gasteiger charge is 2.17. The van der Waals surface area contributed by atoms with Crippen LogP contribution in [0, 0.1) is 0 Å². The zero-order valence-corrected chi connectivity index (χ0v) is 16.1. The molecular weight excluding hydrogens is 348 g/mol. The molecular formula is C24H26N2O2. The van der Waals surface area contributed by atoms with E-state index in [0.717, 1.165) is 17.7 Å². The molecule has 4 heteroatoms. The summed E-state index contributed by atoms with van der Waals surface area (Å²) < 4.78 is 0. The number of nitrogens with one attached hydrogen (secondary N) is 1.